The summed E-state index contributed by atoms with van der Waals surface area (Å²) in [6.07, 6.45) is 3.01. The first-order chi connectivity index (χ1) is 8.64. The van der Waals surface area contributed by atoms with Crippen molar-refractivity contribution < 1.29 is 4.79 Å². The highest BCUT2D eigenvalue weighted by Gasteiger charge is 2.34. The van der Waals surface area contributed by atoms with Crippen molar-refractivity contribution in [2.24, 2.45) is 5.41 Å². The number of aryl methyl sites for hydroxylation is 1. The summed E-state index contributed by atoms with van der Waals surface area (Å²) in [6.45, 7) is 5.95. The van der Waals surface area contributed by atoms with Crippen molar-refractivity contribution in [3.63, 3.8) is 0 Å². The number of hydrogen-bond acceptors (Lipinski definition) is 2. The molecular formula is C15H23ClN2O. The van der Waals surface area contributed by atoms with Crippen LogP contribution in [0.2, 0.25) is 0 Å². The van der Waals surface area contributed by atoms with Crippen LogP contribution in [0.4, 0.5) is 5.69 Å². The molecule has 19 heavy (non-hydrogen) atoms. The largest absolute Gasteiger partial charge is 0.326 e. The van der Waals surface area contributed by atoms with E-state index in [2.05, 4.69) is 29.7 Å². The summed E-state index contributed by atoms with van der Waals surface area (Å²) in [6, 6.07) is 8.09. The van der Waals surface area contributed by atoms with Crippen molar-refractivity contribution in [3.05, 3.63) is 29.8 Å². The predicted octanol–water partition coefficient (Wildman–Crippen LogP) is 3.00. The molecule has 1 aliphatic rings. The van der Waals surface area contributed by atoms with Gasteiger partial charge in [-0.2, -0.15) is 0 Å². The molecule has 1 heterocycles. The molecule has 1 aromatic carbocycles. The summed E-state index contributed by atoms with van der Waals surface area (Å²) in [5, 5.41) is 6.35. The Bertz CT molecular complexity index is 428. The van der Waals surface area contributed by atoms with Crippen LogP contribution in [0, 0.1) is 5.41 Å². The van der Waals surface area contributed by atoms with Crippen LogP contribution >= 0.6 is 12.4 Å². The molecule has 1 aliphatic heterocycles. The number of nitrogens with one attached hydrogen (secondary N) is 2. The Hall–Kier alpha value is -1.06. The molecule has 0 bridgehead atoms. The average Bonchev–Trinajstić information content (AvgIpc) is 2.40. The number of carbonyl (C=O) groups is 1. The molecule has 0 saturated carbocycles. The lowest BCUT2D eigenvalue weighted by molar-refractivity contribution is -0.125. The van der Waals surface area contributed by atoms with Crippen LogP contribution < -0.4 is 10.6 Å². The van der Waals surface area contributed by atoms with E-state index in [0.29, 0.717) is 0 Å². The third kappa shape index (κ3) is 3.95. The number of piperidine rings is 1. The van der Waals surface area contributed by atoms with Gasteiger partial charge in [-0.15, -0.1) is 12.4 Å². The highest BCUT2D eigenvalue weighted by atomic mass is 35.5. The minimum atomic E-state index is -0.277. The van der Waals surface area contributed by atoms with Crippen LogP contribution in [0.1, 0.15) is 32.3 Å². The summed E-state index contributed by atoms with van der Waals surface area (Å²) < 4.78 is 0. The van der Waals surface area contributed by atoms with Crippen LogP contribution in [0.15, 0.2) is 24.3 Å². The first-order valence-corrected chi connectivity index (χ1v) is 6.75. The van der Waals surface area contributed by atoms with E-state index in [4.69, 9.17) is 0 Å². The van der Waals surface area contributed by atoms with Crippen LogP contribution in [0.25, 0.3) is 0 Å². The van der Waals surface area contributed by atoms with Crippen molar-refractivity contribution in [1.29, 1.82) is 0 Å². The van der Waals surface area contributed by atoms with Crippen LogP contribution in [-0.4, -0.2) is 19.0 Å². The van der Waals surface area contributed by atoms with E-state index in [1.165, 1.54) is 5.56 Å². The Morgan fingerprint density at radius 2 is 2.26 bits per heavy atom. The summed E-state index contributed by atoms with van der Waals surface area (Å²) in [7, 11) is 0. The van der Waals surface area contributed by atoms with Gasteiger partial charge in [-0.05, 0) is 50.4 Å². The van der Waals surface area contributed by atoms with Crippen molar-refractivity contribution in [2.75, 3.05) is 18.4 Å². The Labute approximate surface area is 121 Å². The Morgan fingerprint density at radius 1 is 1.47 bits per heavy atom. The van der Waals surface area contributed by atoms with Gasteiger partial charge in [-0.25, -0.2) is 0 Å². The second kappa shape index (κ2) is 6.92. The zero-order valence-electron chi connectivity index (χ0n) is 11.7. The molecule has 106 valence electrons. The van der Waals surface area contributed by atoms with E-state index in [0.717, 1.165) is 38.0 Å². The van der Waals surface area contributed by atoms with Crippen molar-refractivity contribution in [1.82, 2.24) is 5.32 Å². The molecule has 1 saturated heterocycles. The quantitative estimate of drug-likeness (QED) is 0.895. The summed E-state index contributed by atoms with van der Waals surface area (Å²) in [5.41, 5.74) is 1.88. The summed E-state index contributed by atoms with van der Waals surface area (Å²) in [4.78, 5) is 12.3. The molecule has 1 unspecified atom stereocenters. The van der Waals surface area contributed by atoms with E-state index in [1.54, 1.807) is 0 Å². The van der Waals surface area contributed by atoms with Gasteiger partial charge < -0.3 is 10.6 Å². The number of anilines is 1. The molecule has 1 amide bonds. The van der Waals surface area contributed by atoms with Gasteiger partial charge in [0.2, 0.25) is 5.91 Å². The van der Waals surface area contributed by atoms with Gasteiger partial charge in [0.15, 0.2) is 0 Å². The van der Waals surface area contributed by atoms with Crippen LogP contribution in [0.3, 0.4) is 0 Å². The van der Waals surface area contributed by atoms with Crippen LogP contribution in [-0.2, 0) is 11.2 Å². The molecule has 0 radical (unpaired) electrons. The maximum Gasteiger partial charge on any atom is 0.231 e. The zero-order chi connectivity index (χ0) is 13.0. The molecule has 3 nitrogen and oxygen atoms in total. The van der Waals surface area contributed by atoms with Crippen LogP contribution in [0.5, 0.6) is 0 Å². The van der Waals surface area contributed by atoms with Gasteiger partial charge in [0.1, 0.15) is 0 Å². The number of carbonyl (C=O) groups excluding carboxylic acids is 1. The second-order valence-electron chi connectivity index (χ2n) is 5.35. The third-order valence-corrected chi connectivity index (χ3v) is 3.74. The summed E-state index contributed by atoms with van der Waals surface area (Å²) in [5.74, 6) is 0.128. The van der Waals surface area contributed by atoms with E-state index in [9.17, 15) is 4.79 Å². The molecule has 1 fully saturated rings. The van der Waals surface area contributed by atoms with Gasteiger partial charge in [0.05, 0.1) is 5.41 Å². The monoisotopic (exact) mass is 282 g/mol. The summed E-state index contributed by atoms with van der Waals surface area (Å²) >= 11 is 0. The lowest BCUT2D eigenvalue weighted by atomic mass is 9.82. The Morgan fingerprint density at radius 3 is 2.89 bits per heavy atom. The highest BCUT2D eigenvalue weighted by molar-refractivity contribution is 5.95. The zero-order valence-corrected chi connectivity index (χ0v) is 12.5. The fourth-order valence-electron chi connectivity index (χ4n) is 2.40. The van der Waals surface area contributed by atoms with Crippen molar-refractivity contribution in [3.8, 4) is 0 Å². The number of amides is 1. The smallest absolute Gasteiger partial charge is 0.231 e. The topological polar surface area (TPSA) is 41.1 Å². The van der Waals surface area contributed by atoms with Gasteiger partial charge in [0.25, 0.3) is 0 Å². The minimum Gasteiger partial charge on any atom is -0.326 e. The molecule has 1 aromatic rings. The lowest BCUT2D eigenvalue weighted by Gasteiger charge is -2.32. The molecule has 0 aliphatic carbocycles. The lowest BCUT2D eigenvalue weighted by Crippen LogP contribution is -2.46. The molecule has 2 N–H and O–H groups in total. The number of hydrogen-bond donors (Lipinski definition) is 2. The standard InChI is InChI=1S/C15H22N2O.ClH/c1-3-12-6-4-7-13(10-12)17-14(18)15(2)8-5-9-16-11-15;/h4,6-7,10,16H,3,5,8-9,11H2,1-2H3,(H,17,18);1H. The predicted molar refractivity (Wildman–Crippen MR) is 81.9 cm³/mol. The van der Waals surface area contributed by atoms with Gasteiger partial charge in [-0.3, -0.25) is 4.79 Å². The first kappa shape index (κ1) is 16.0. The SMILES string of the molecule is CCc1cccc(NC(=O)C2(C)CCCNC2)c1.Cl. The van der Waals surface area contributed by atoms with E-state index in [-0.39, 0.29) is 23.7 Å². The highest BCUT2D eigenvalue weighted by Crippen LogP contribution is 2.27. The fourth-order valence-corrected chi connectivity index (χ4v) is 2.40. The van der Waals surface area contributed by atoms with Gasteiger partial charge >= 0.3 is 0 Å². The third-order valence-electron chi connectivity index (χ3n) is 3.74. The van der Waals surface area contributed by atoms with Crippen molar-refractivity contribution in [2.45, 2.75) is 33.1 Å². The second-order valence-corrected chi connectivity index (χ2v) is 5.35. The molecular weight excluding hydrogens is 260 g/mol. The normalized spacial score (nSPS) is 22.4. The fraction of sp³-hybridized carbons (Fsp3) is 0.533. The Balaban J connectivity index is 0.00000180. The minimum absolute atomic E-state index is 0. The van der Waals surface area contributed by atoms with E-state index in [1.807, 2.05) is 19.1 Å². The van der Waals surface area contributed by atoms with Gasteiger partial charge in [-0.1, -0.05) is 19.1 Å². The maximum absolute atomic E-state index is 12.3. The Kier molecular flexibility index (Phi) is 5.83. The molecule has 0 spiro atoms. The molecule has 0 aromatic heterocycles. The molecule has 4 heteroatoms. The number of halogens is 1. The van der Waals surface area contributed by atoms with Crippen molar-refractivity contribution >= 4 is 24.0 Å². The van der Waals surface area contributed by atoms with E-state index < -0.39 is 0 Å². The van der Waals surface area contributed by atoms with Gasteiger partial charge in [0, 0.05) is 12.2 Å². The first-order valence-electron chi connectivity index (χ1n) is 6.75. The number of benzene rings is 1. The average molecular weight is 283 g/mol. The molecule has 1 atom stereocenters. The van der Waals surface area contributed by atoms with E-state index >= 15 is 0 Å². The maximum atomic E-state index is 12.3. The number of rotatable bonds is 3. The molecule has 2 rings (SSSR count).